The molecule has 2 aromatic carbocycles. The summed E-state index contributed by atoms with van der Waals surface area (Å²) < 4.78 is 24.4. The number of hydrogen-bond acceptors (Lipinski definition) is 4. The number of hydrogen-bond donors (Lipinski definition) is 1. The lowest BCUT2D eigenvalue weighted by Crippen LogP contribution is -2.39. The summed E-state index contributed by atoms with van der Waals surface area (Å²) in [5.41, 5.74) is 1.84. The summed E-state index contributed by atoms with van der Waals surface area (Å²) in [6.07, 6.45) is 6.69. The van der Waals surface area contributed by atoms with Gasteiger partial charge in [0.1, 0.15) is 11.6 Å². The average Bonchev–Trinajstić information content (AvgIpc) is 3.47. The lowest BCUT2D eigenvalue weighted by Gasteiger charge is -2.31. The maximum absolute atomic E-state index is 13.1. The first kappa shape index (κ1) is 21.1. The molecule has 4 rings (SSSR count). The fraction of sp³-hybridized carbons (Fsp3) is 0.360. The van der Waals surface area contributed by atoms with Crippen LogP contribution < -0.4 is 10.1 Å². The van der Waals surface area contributed by atoms with Crippen molar-refractivity contribution >= 4 is 5.91 Å². The van der Waals surface area contributed by atoms with E-state index in [0.717, 1.165) is 37.0 Å². The number of methoxy groups -OCH3 is 1. The van der Waals surface area contributed by atoms with Crippen LogP contribution >= 0.6 is 0 Å². The van der Waals surface area contributed by atoms with Gasteiger partial charge in [0.2, 0.25) is 5.91 Å². The van der Waals surface area contributed by atoms with Crippen LogP contribution in [0.5, 0.6) is 5.75 Å². The van der Waals surface area contributed by atoms with Gasteiger partial charge in [0.25, 0.3) is 0 Å². The number of nitrogens with zero attached hydrogens (tertiary/aromatic N) is 1. The van der Waals surface area contributed by atoms with Crippen LogP contribution in [0.1, 0.15) is 43.6 Å². The Morgan fingerprint density at radius 2 is 1.90 bits per heavy atom. The van der Waals surface area contributed by atoms with Crippen molar-refractivity contribution in [2.75, 3.05) is 13.7 Å². The zero-order chi connectivity index (χ0) is 21.7. The van der Waals surface area contributed by atoms with Gasteiger partial charge in [-0.05, 0) is 43.2 Å². The molecule has 31 heavy (non-hydrogen) atoms. The maximum atomic E-state index is 13.1. The zero-order valence-electron chi connectivity index (χ0n) is 17.7. The summed E-state index contributed by atoms with van der Waals surface area (Å²) >= 11 is 0. The Bertz CT molecular complexity index is 1020. The predicted octanol–water partition coefficient (Wildman–Crippen LogP) is 5.05. The minimum absolute atomic E-state index is 0.0253. The molecule has 0 saturated heterocycles. The van der Waals surface area contributed by atoms with E-state index in [1.54, 1.807) is 25.4 Å². The van der Waals surface area contributed by atoms with Crippen LogP contribution in [0.2, 0.25) is 0 Å². The fourth-order valence-electron chi connectivity index (χ4n) is 4.43. The summed E-state index contributed by atoms with van der Waals surface area (Å²) in [7, 11) is 1.69. The highest BCUT2D eigenvalue weighted by Gasteiger charge is 2.37. The molecule has 6 heteroatoms. The molecule has 162 valence electrons. The van der Waals surface area contributed by atoms with Crippen molar-refractivity contribution in [2.24, 2.45) is 0 Å². The fourth-order valence-corrected chi connectivity index (χ4v) is 4.43. The predicted molar refractivity (Wildman–Crippen MR) is 116 cm³/mol. The number of aromatic nitrogens is 1. The third kappa shape index (κ3) is 4.79. The normalized spacial score (nSPS) is 15.0. The number of rotatable bonds is 8. The van der Waals surface area contributed by atoms with Gasteiger partial charge in [0.05, 0.1) is 13.3 Å². The van der Waals surface area contributed by atoms with E-state index in [9.17, 15) is 9.18 Å². The minimum atomic E-state index is -0.298. The van der Waals surface area contributed by atoms with E-state index < -0.39 is 0 Å². The molecule has 0 bridgehead atoms. The second kappa shape index (κ2) is 9.33. The molecule has 1 aromatic heterocycles. The molecule has 1 fully saturated rings. The second-order valence-electron chi connectivity index (χ2n) is 8.09. The SMILES string of the molecule is COc1ccccc1C1(CNC(=O)CCc2ncc(-c3ccc(F)cc3)o2)CCCC1. The van der Waals surface area contributed by atoms with Crippen LogP contribution in [0.3, 0.4) is 0 Å². The third-order valence-electron chi connectivity index (χ3n) is 6.11. The van der Waals surface area contributed by atoms with Gasteiger partial charge in [-0.25, -0.2) is 9.37 Å². The molecule has 5 nitrogen and oxygen atoms in total. The maximum Gasteiger partial charge on any atom is 0.220 e. The molecule has 1 saturated carbocycles. The third-order valence-corrected chi connectivity index (χ3v) is 6.11. The van der Waals surface area contributed by atoms with Gasteiger partial charge >= 0.3 is 0 Å². The Hall–Kier alpha value is -3.15. The highest BCUT2D eigenvalue weighted by molar-refractivity contribution is 5.76. The van der Waals surface area contributed by atoms with Gasteiger partial charge in [0.15, 0.2) is 11.7 Å². The number of amides is 1. The smallest absolute Gasteiger partial charge is 0.220 e. The number of halogens is 1. The first-order valence-corrected chi connectivity index (χ1v) is 10.7. The van der Waals surface area contributed by atoms with E-state index >= 15 is 0 Å². The van der Waals surface area contributed by atoms with Crippen LogP contribution in [-0.4, -0.2) is 24.5 Å². The number of benzene rings is 2. The van der Waals surface area contributed by atoms with Gasteiger partial charge < -0.3 is 14.5 Å². The number of oxazole rings is 1. The summed E-state index contributed by atoms with van der Waals surface area (Å²) in [6, 6.07) is 14.1. The van der Waals surface area contributed by atoms with Gasteiger partial charge in [0, 0.05) is 35.9 Å². The standard InChI is InChI=1S/C25H27FN2O3/c1-30-21-7-3-2-6-20(21)25(14-4-5-15-25)17-28-23(29)12-13-24-27-16-22(31-24)18-8-10-19(26)11-9-18/h2-3,6-11,16H,4-5,12-15,17H2,1H3,(H,28,29). The van der Waals surface area contributed by atoms with E-state index in [0.29, 0.717) is 31.0 Å². The monoisotopic (exact) mass is 422 g/mol. The average molecular weight is 423 g/mol. The molecule has 1 heterocycles. The van der Waals surface area contributed by atoms with Crippen molar-refractivity contribution < 1.29 is 18.3 Å². The molecule has 0 aliphatic heterocycles. The molecule has 1 aliphatic carbocycles. The number of carbonyl (C=O) groups is 1. The summed E-state index contributed by atoms with van der Waals surface area (Å²) in [6.45, 7) is 0.596. The molecule has 1 N–H and O–H groups in total. The van der Waals surface area contributed by atoms with E-state index in [-0.39, 0.29) is 17.1 Å². The second-order valence-corrected chi connectivity index (χ2v) is 8.09. The Kier molecular flexibility index (Phi) is 6.35. The van der Waals surface area contributed by atoms with Crippen molar-refractivity contribution in [3.05, 3.63) is 72.0 Å². The lowest BCUT2D eigenvalue weighted by molar-refractivity contribution is -0.121. The number of nitrogens with one attached hydrogen (secondary N) is 1. The minimum Gasteiger partial charge on any atom is -0.496 e. The van der Waals surface area contributed by atoms with Crippen LogP contribution in [0.25, 0.3) is 11.3 Å². The number of ether oxygens (including phenoxy) is 1. The quantitative estimate of drug-likeness (QED) is 0.552. The van der Waals surface area contributed by atoms with E-state index in [1.807, 2.05) is 18.2 Å². The molecule has 0 unspecified atom stereocenters. The van der Waals surface area contributed by atoms with E-state index in [1.165, 1.54) is 17.7 Å². The van der Waals surface area contributed by atoms with Crippen LogP contribution in [-0.2, 0) is 16.6 Å². The Labute approximate surface area is 181 Å². The molecule has 0 atom stereocenters. The summed E-state index contributed by atoms with van der Waals surface area (Å²) in [5, 5.41) is 3.12. The zero-order valence-corrected chi connectivity index (χ0v) is 17.7. The Balaban J connectivity index is 1.35. The van der Waals surface area contributed by atoms with Crippen LogP contribution in [0, 0.1) is 5.82 Å². The summed E-state index contributed by atoms with van der Waals surface area (Å²) in [5.74, 6) is 1.62. The first-order valence-electron chi connectivity index (χ1n) is 10.7. The Morgan fingerprint density at radius 3 is 2.65 bits per heavy atom. The van der Waals surface area contributed by atoms with Crippen molar-refractivity contribution in [1.82, 2.24) is 10.3 Å². The highest BCUT2D eigenvalue weighted by Crippen LogP contribution is 2.44. The molecule has 0 spiro atoms. The van der Waals surface area contributed by atoms with Crippen molar-refractivity contribution in [2.45, 2.75) is 43.9 Å². The largest absolute Gasteiger partial charge is 0.496 e. The Morgan fingerprint density at radius 1 is 1.16 bits per heavy atom. The van der Waals surface area contributed by atoms with E-state index in [4.69, 9.17) is 9.15 Å². The van der Waals surface area contributed by atoms with E-state index in [2.05, 4.69) is 16.4 Å². The summed E-state index contributed by atoms with van der Waals surface area (Å²) in [4.78, 5) is 16.8. The van der Waals surface area contributed by atoms with Crippen molar-refractivity contribution in [1.29, 1.82) is 0 Å². The van der Waals surface area contributed by atoms with Gasteiger partial charge in [-0.15, -0.1) is 0 Å². The molecular formula is C25H27FN2O3. The van der Waals surface area contributed by atoms with Gasteiger partial charge in [-0.2, -0.15) is 0 Å². The van der Waals surface area contributed by atoms with Crippen LogP contribution in [0.15, 0.2) is 59.1 Å². The number of aryl methyl sites for hydroxylation is 1. The molecular weight excluding hydrogens is 395 g/mol. The lowest BCUT2D eigenvalue weighted by atomic mass is 9.78. The topological polar surface area (TPSA) is 64.4 Å². The molecule has 0 radical (unpaired) electrons. The molecule has 3 aromatic rings. The van der Waals surface area contributed by atoms with Gasteiger partial charge in [-0.3, -0.25) is 4.79 Å². The number of para-hydroxylation sites is 1. The van der Waals surface area contributed by atoms with Crippen LogP contribution in [0.4, 0.5) is 4.39 Å². The van der Waals surface area contributed by atoms with Crippen molar-refractivity contribution in [3.8, 4) is 17.1 Å². The number of carbonyl (C=O) groups excluding carboxylic acids is 1. The molecule has 1 aliphatic rings. The first-order chi connectivity index (χ1) is 15.1. The van der Waals surface area contributed by atoms with Crippen molar-refractivity contribution in [3.63, 3.8) is 0 Å². The molecule has 1 amide bonds. The van der Waals surface area contributed by atoms with Gasteiger partial charge in [-0.1, -0.05) is 31.0 Å². The highest BCUT2D eigenvalue weighted by atomic mass is 19.1.